The molecule has 2 atom stereocenters. The molecule has 30 heavy (non-hydrogen) atoms. The van der Waals surface area contributed by atoms with Crippen molar-refractivity contribution in [2.75, 3.05) is 6.61 Å². The predicted octanol–water partition coefficient (Wildman–Crippen LogP) is 3.87. The lowest BCUT2D eigenvalue weighted by Crippen LogP contribution is -2.47. The molecule has 0 aliphatic carbocycles. The summed E-state index contributed by atoms with van der Waals surface area (Å²) >= 11 is 0. The summed E-state index contributed by atoms with van der Waals surface area (Å²) in [5, 5.41) is 11.2. The Morgan fingerprint density at radius 2 is 1.97 bits per heavy atom. The van der Waals surface area contributed by atoms with Crippen LogP contribution in [0, 0.1) is 11.3 Å². The van der Waals surface area contributed by atoms with Gasteiger partial charge in [-0.05, 0) is 30.5 Å². The monoisotopic (exact) mass is 402 g/mol. The van der Waals surface area contributed by atoms with Gasteiger partial charge in [0, 0.05) is 18.0 Å². The quantitative estimate of drug-likeness (QED) is 0.712. The zero-order valence-electron chi connectivity index (χ0n) is 17.1. The number of nitrogens with zero attached hydrogens (tertiary/aromatic N) is 3. The van der Waals surface area contributed by atoms with E-state index in [4.69, 9.17) is 4.74 Å². The molecule has 1 amide bonds. The molecule has 6 heteroatoms. The zero-order chi connectivity index (χ0) is 20.9. The van der Waals surface area contributed by atoms with Crippen molar-refractivity contribution in [2.24, 2.45) is 0 Å². The fourth-order valence-corrected chi connectivity index (χ4v) is 3.95. The number of fused-ring (bicyclic) bond motifs is 1. The molecule has 4 rings (SSSR count). The van der Waals surface area contributed by atoms with Gasteiger partial charge in [-0.1, -0.05) is 49.7 Å². The first-order valence-corrected chi connectivity index (χ1v) is 10.4. The second-order valence-electron chi connectivity index (χ2n) is 7.61. The maximum Gasteiger partial charge on any atom is 0.251 e. The van der Waals surface area contributed by atoms with Crippen LogP contribution in [0.15, 0.2) is 60.9 Å². The fourth-order valence-electron chi connectivity index (χ4n) is 3.95. The Bertz CT molecular complexity index is 981. The van der Waals surface area contributed by atoms with E-state index in [1.165, 1.54) is 0 Å². The van der Waals surface area contributed by atoms with Crippen LogP contribution in [0.4, 0.5) is 0 Å². The lowest BCUT2D eigenvalue weighted by Gasteiger charge is -2.32. The molecule has 1 saturated heterocycles. The number of hydrazine groups is 1. The van der Waals surface area contributed by atoms with E-state index in [1.54, 1.807) is 17.2 Å². The van der Waals surface area contributed by atoms with Crippen LogP contribution in [0.3, 0.4) is 0 Å². The van der Waals surface area contributed by atoms with Crippen LogP contribution in [0.5, 0.6) is 5.75 Å². The van der Waals surface area contributed by atoms with Crippen molar-refractivity contribution in [1.82, 2.24) is 15.3 Å². The van der Waals surface area contributed by atoms with Crippen LogP contribution >= 0.6 is 0 Å². The maximum atomic E-state index is 13.2. The van der Waals surface area contributed by atoms with E-state index in [9.17, 15) is 10.1 Å². The summed E-state index contributed by atoms with van der Waals surface area (Å²) in [7, 11) is 0. The van der Waals surface area contributed by atoms with Crippen LogP contribution < -0.4 is 10.2 Å². The molecular formula is C24H26N4O2. The molecule has 0 radical (unpaired) electrons. The largest absolute Gasteiger partial charge is 0.493 e. The number of ether oxygens (including phenoxy) is 1. The standard InChI is InChI=1S/C24H26N4O2/c1-2-3-14-30-23-11-7-6-10-20(23)21-15-22-24(29)27(12-13-28(22)26-21)17-19-9-5-4-8-18(19)16-25/h4-13,21-22,26H,2-3,14-15,17H2,1H3. The fraction of sp³-hybridized carbons (Fsp3) is 0.333. The summed E-state index contributed by atoms with van der Waals surface area (Å²) in [6, 6.07) is 17.4. The molecule has 1 fully saturated rings. The molecule has 0 bridgehead atoms. The van der Waals surface area contributed by atoms with Crippen molar-refractivity contribution in [3.63, 3.8) is 0 Å². The Balaban J connectivity index is 1.48. The molecule has 2 heterocycles. The first kappa shape index (κ1) is 20.0. The van der Waals surface area contributed by atoms with Crippen LogP contribution in [0.1, 0.15) is 48.9 Å². The van der Waals surface area contributed by atoms with Gasteiger partial charge < -0.3 is 14.6 Å². The van der Waals surface area contributed by atoms with E-state index in [2.05, 4.69) is 24.5 Å². The number of hydrogen-bond donors (Lipinski definition) is 1. The molecular weight excluding hydrogens is 376 g/mol. The number of hydrogen-bond acceptors (Lipinski definition) is 5. The third kappa shape index (κ3) is 4.03. The molecule has 0 spiro atoms. The minimum Gasteiger partial charge on any atom is -0.493 e. The third-order valence-corrected chi connectivity index (χ3v) is 5.60. The first-order valence-electron chi connectivity index (χ1n) is 10.4. The molecule has 2 aliphatic rings. The van der Waals surface area contributed by atoms with Gasteiger partial charge in [0.25, 0.3) is 5.91 Å². The van der Waals surface area contributed by atoms with E-state index >= 15 is 0 Å². The van der Waals surface area contributed by atoms with Crippen molar-refractivity contribution in [3.05, 3.63) is 77.6 Å². The van der Waals surface area contributed by atoms with Crippen LogP contribution in [0.2, 0.25) is 0 Å². The van der Waals surface area contributed by atoms with Crippen molar-refractivity contribution < 1.29 is 9.53 Å². The summed E-state index contributed by atoms with van der Waals surface area (Å²) in [5.74, 6) is 0.907. The lowest BCUT2D eigenvalue weighted by atomic mass is 9.99. The van der Waals surface area contributed by atoms with Crippen molar-refractivity contribution in [3.8, 4) is 11.8 Å². The molecule has 0 aromatic heterocycles. The number of para-hydroxylation sites is 1. The van der Waals surface area contributed by atoms with Crippen LogP contribution in [0.25, 0.3) is 0 Å². The summed E-state index contributed by atoms with van der Waals surface area (Å²) in [6.45, 7) is 3.23. The average molecular weight is 402 g/mol. The molecule has 154 valence electrons. The lowest BCUT2D eigenvalue weighted by molar-refractivity contribution is -0.134. The highest BCUT2D eigenvalue weighted by Crippen LogP contribution is 2.35. The van der Waals surface area contributed by atoms with Gasteiger partial charge in [0.1, 0.15) is 11.8 Å². The number of carbonyl (C=O) groups is 1. The Morgan fingerprint density at radius 1 is 1.17 bits per heavy atom. The molecule has 2 aromatic carbocycles. The minimum absolute atomic E-state index is 0.00720. The van der Waals surface area contributed by atoms with Crippen LogP contribution in [-0.4, -0.2) is 28.5 Å². The Hall–Kier alpha value is -3.30. The van der Waals surface area contributed by atoms with Gasteiger partial charge in [-0.3, -0.25) is 4.79 Å². The third-order valence-electron chi connectivity index (χ3n) is 5.60. The van der Waals surface area contributed by atoms with E-state index in [-0.39, 0.29) is 18.0 Å². The SMILES string of the molecule is CCCCOc1ccccc1C1CC2C(=O)N(Cc3ccccc3C#N)C=CN2N1. The van der Waals surface area contributed by atoms with E-state index in [0.717, 1.165) is 29.7 Å². The Morgan fingerprint density at radius 3 is 2.80 bits per heavy atom. The van der Waals surface area contributed by atoms with Gasteiger partial charge in [-0.2, -0.15) is 5.26 Å². The number of unbranched alkanes of at least 4 members (excludes halogenated alkanes) is 1. The van der Waals surface area contributed by atoms with Gasteiger partial charge in [0.2, 0.25) is 0 Å². The Labute approximate surface area is 177 Å². The molecule has 2 aromatic rings. The van der Waals surface area contributed by atoms with Gasteiger partial charge in [-0.15, -0.1) is 0 Å². The smallest absolute Gasteiger partial charge is 0.251 e. The summed E-state index contributed by atoms with van der Waals surface area (Å²) in [6.07, 6.45) is 6.45. The number of carbonyl (C=O) groups excluding carboxylic acids is 1. The first-order chi connectivity index (χ1) is 14.7. The van der Waals surface area contributed by atoms with Gasteiger partial charge in [0.05, 0.1) is 30.8 Å². The van der Waals surface area contributed by atoms with E-state index in [0.29, 0.717) is 25.1 Å². The van der Waals surface area contributed by atoms with E-state index in [1.807, 2.05) is 47.6 Å². The second kappa shape index (κ2) is 9.02. The highest BCUT2D eigenvalue weighted by atomic mass is 16.5. The predicted molar refractivity (Wildman–Crippen MR) is 114 cm³/mol. The summed E-state index contributed by atoms with van der Waals surface area (Å²) < 4.78 is 5.99. The molecule has 2 unspecified atom stereocenters. The second-order valence-corrected chi connectivity index (χ2v) is 7.61. The molecule has 6 nitrogen and oxygen atoms in total. The topological polar surface area (TPSA) is 68.6 Å². The van der Waals surface area contributed by atoms with Gasteiger partial charge in [-0.25, -0.2) is 5.43 Å². The number of nitrogens with one attached hydrogen (secondary N) is 1. The summed E-state index contributed by atoms with van der Waals surface area (Å²) in [5.41, 5.74) is 5.97. The molecule has 1 N–H and O–H groups in total. The number of benzene rings is 2. The molecule has 0 saturated carbocycles. The summed E-state index contributed by atoms with van der Waals surface area (Å²) in [4.78, 5) is 14.9. The zero-order valence-corrected chi connectivity index (χ0v) is 17.1. The van der Waals surface area contributed by atoms with Crippen molar-refractivity contribution in [1.29, 1.82) is 5.26 Å². The van der Waals surface area contributed by atoms with Crippen molar-refractivity contribution in [2.45, 2.75) is 44.8 Å². The van der Waals surface area contributed by atoms with Crippen LogP contribution in [-0.2, 0) is 11.3 Å². The van der Waals surface area contributed by atoms with Gasteiger partial charge in [0.15, 0.2) is 0 Å². The van der Waals surface area contributed by atoms with E-state index < -0.39 is 0 Å². The van der Waals surface area contributed by atoms with Crippen molar-refractivity contribution >= 4 is 5.91 Å². The minimum atomic E-state index is -0.280. The number of amides is 1. The highest BCUT2D eigenvalue weighted by Gasteiger charge is 2.40. The number of nitriles is 1. The highest BCUT2D eigenvalue weighted by molar-refractivity contribution is 5.84. The Kier molecular flexibility index (Phi) is 6.01. The van der Waals surface area contributed by atoms with Gasteiger partial charge >= 0.3 is 0 Å². The normalized spacial score (nSPS) is 20.2. The molecule has 2 aliphatic heterocycles. The average Bonchev–Trinajstić information content (AvgIpc) is 3.22. The maximum absolute atomic E-state index is 13.2. The number of rotatable bonds is 7.